The molecule has 0 unspecified atom stereocenters. The molecule has 0 radical (unpaired) electrons. The normalized spacial score (nSPS) is 21.4. The van der Waals surface area contributed by atoms with Crippen LogP contribution >= 0.6 is 0 Å². The highest BCUT2D eigenvalue weighted by atomic mass is 19.1. The number of piperidine rings is 1. The van der Waals surface area contributed by atoms with Crippen LogP contribution in [0.4, 0.5) is 19.7 Å². The summed E-state index contributed by atoms with van der Waals surface area (Å²) in [5.74, 6) is 0.000803. The van der Waals surface area contributed by atoms with Gasteiger partial charge in [0.05, 0.1) is 31.4 Å². The van der Waals surface area contributed by atoms with E-state index in [1.807, 2.05) is 18.2 Å². The van der Waals surface area contributed by atoms with Crippen molar-refractivity contribution in [1.82, 2.24) is 20.4 Å². The largest absolute Gasteiger partial charge is 0.453 e. The maximum absolute atomic E-state index is 14.9. The van der Waals surface area contributed by atoms with Gasteiger partial charge in [-0.15, -0.1) is 0 Å². The van der Waals surface area contributed by atoms with Crippen LogP contribution in [0.15, 0.2) is 42.5 Å². The van der Waals surface area contributed by atoms with Gasteiger partial charge in [-0.3, -0.25) is 4.79 Å². The molecule has 1 saturated carbocycles. The lowest BCUT2D eigenvalue weighted by Crippen LogP contribution is -2.58. The lowest BCUT2D eigenvalue weighted by Gasteiger charge is -2.51. The molecule has 3 amide bonds. The van der Waals surface area contributed by atoms with E-state index >= 15 is 0 Å². The SMILES string of the molecule is COC(=O)NC[C@@](c1cccc(F)c1)(C1CCN(CC2CN(c3ccc(C#N)c(C(=O)N(C)C)c3)C2)CC1)[C@H]1CCC[C@@H]1NC(=O)OC. The van der Waals surface area contributed by atoms with Gasteiger partial charge in [0.1, 0.15) is 5.82 Å². The van der Waals surface area contributed by atoms with Crippen molar-refractivity contribution in [3.05, 3.63) is 65.0 Å². The number of halogens is 1. The summed E-state index contributed by atoms with van der Waals surface area (Å²) in [4.78, 5) is 43.8. The third-order valence-corrected chi connectivity index (χ3v) is 10.7. The molecule has 2 N–H and O–H groups in total. The molecular weight excluding hydrogens is 615 g/mol. The van der Waals surface area contributed by atoms with Gasteiger partial charge in [0.2, 0.25) is 0 Å². The summed E-state index contributed by atoms with van der Waals surface area (Å²) in [5.41, 5.74) is 1.91. The van der Waals surface area contributed by atoms with Gasteiger partial charge < -0.3 is 34.8 Å². The number of hydrogen-bond donors (Lipinski definition) is 2. The lowest BCUT2D eigenvalue weighted by molar-refractivity contribution is 0.0642. The van der Waals surface area contributed by atoms with Gasteiger partial charge >= 0.3 is 12.2 Å². The average molecular weight is 663 g/mol. The number of alkyl carbamates (subject to hydrolysis) is 2. The van der Waals surface area contributed by atoms with Gasteiger partial charge in [-0.25, -0.2) is 14.0 Å². The van der Waals surface area contributed by atoms with Crippen molar-refractivity contribution in [1.29, 1.82) is 5.26 Å². The van der Waals surface area contributed by atoms with Crippen LogP contribution in [0.5, 0.6) is 0 Å². The van der Waals surface area contributed by atoms with Crippen LogP contribution in [0, 0.1) is 34.9 Å². The maximum Gasteiger partial charge on any atom is 0.407 e. The average Bonchev–Trinajstić information content (AvgIpc) is 3.54. The molecule has 0 aromatic heterocycles. The number of ether oxygens (including phenoxy) is 2. The highest BCUT2D eigenvalue weighted by molar-refractivity contribution is 5.97. The first-order valence-electron chi connectivity index (χ1n) is 16.7. The minimum Gasteiger partial charge on any atom is -0.453 e. The van der Waals surface area contributed by atoms with E-state index in [2.05, 4.69) is 26.5 Å². The third kappa shape index (κ3) is 7.36. The summed E-state index contributed by atoms with van der Waals surface area (Å²) in [6, 6.07) is 14.1. The van der Waals surface area contributed by atoms with E-state index in [4.69, 9.17) is 9.47 Å². The Morgan fingerprint density at radius 1 is 1.02 bits per heavy atom. The topological polar surface area (TPSA) is 127 Å². The van der Waals surface area contributed by atoms with Gasteiger partial charge in [0.15, 0.2) is 0 Å². The second-order valence-corrected chi connectivity index (χ2v) is 13.6. The Labute approximate surface area is 282 Å². The zero-order valence-corrected chi connectivity index (χ0v) is 28.3. The van der Waals surface area contributed by atoms with Gasteiger partial charge in [-0.05, 0) is 86.5 Å². The molecule has 12 heteroatoms. The number of nitrogens with one attached hydrogen (secondary N) is 2. The Hall–Kier alpha value is -4.37. The Bertz CT molecular complexity index is 1520. The van der Waals surface area contributed by atoms with Crippen LogP contribution in [0.25, 0.3) is 0 Å². The number of benzene rings is 2. The van der Waals surface area contributed by atoms with Crippen LogP contribution in [0.2, 0.25) is 0 Å². The van der Waals surface area contributed by atoms with Crippen LogP contribution in [0.1, 0.15) is 53.6 Å². The molecule has 11 nitrogen and oxygen atoms in total. The Morgan fingerprint density at radius 3 is 2.40 bits per heavy atom. The number of amides is 3. The van der Waals surface area contributed by atoms with Crippen LogP contribution < -0.4 is 15.5 Å². The molecule has 2 aromatic carbocycles. The van der Waals surface area contributed by atoms with Crippen molar-refractivity contribution >= 4 is 23.8 Å². The summed E-state index contributed by atoms with van der Waals surface area (Å²) in [5, 5.41) is 15.5. The molecule has 5 rings (SSSR count). The maximum atomic E-state index is 14.9. The highest BCUT2D eigenvalue weighted by Gasteiger charge is 2.52. The molecular formula is C36H47FN6O5. The van der Waals surface area contributed by atoms with Crippen LogP contribution in [-0.2, 0) is 14.9 Å². The number of rotatable bonds is 10. The number of carbonyl (C=O) groups is 3. The van der Waals surface area contributed by atoms with Gasteiger partial charge in [0, 0.05) is 63.3 Å². The Kier molecular flexibility index (Phi) is 11.1. The molecule has 258 valence electrons. The molecule has 1 aliphatic carbocycles. The molecule has 2 saturated heterocycles. The zero-order valence-electron chi connectivity index (χ0n) is 28.3. The van der Waals surface area contributed by atoms with E-state index < -0.39 is 17.6 Å². The van der Waals surface area contributed by atoms with Crippen molar-refractivity contribution < 1.29 is 28.2 Å². The molecule has 3 aliphatic rings. The molecule has 3 atom stereocenters. The van der Waals surface area contributed by atoms with Crippen molar-refractivity contribution in [2.75, 3.05) is 72.5 Å². The van der Waals surface area contributed by atoms with E-state index in [1.165, 1.54) is 25.2 Å². The first kappa shape index (κ1) is 35.0. The highest BCUT2D eigenvalue weighted by Crippen LogP contribution is 2.50. The van der Waals surface area contributed by atoms with E-state index in [0.29, 0.717) is 17.0 Å². The van der Waals surface area contributed by atoms with Crippen molar-refractivity contribution in [3.63, 3.8) is 0 Å². The summed E-state index contributed by atoms with van der Waals surface area (Å²) in [6.45, 7) is 4.64. The molecule has 48 heavy (non-hydrogen) atoms. The fourth-order valence-corrected chi connectivity index (χ4v) is 8.29. The zero-order chi connectivity index (χ0) is 34.4. The standard InChI is InChI=1S/C36H47FN6O5/c1-41(2)33(44)30-18-29(12-11-25(30)19-38)43-21-24(22-43)20-42-15-13-26(14-16-42)36(23-39-34(45)47-3,27-7-5-8-28(37)17-27)31-9-6-10-32(31)40-35(46)48-4/h5,7-8,11-12,17-18,24,26,31-32H,6,9-10,13-16,20-23H2,1-4H3,(H,39,45)(H,40,46)/t31-,32-,36-/m0/s1. The number of nitrogens with zero attached hydrogens (tertiary/aromatic N) is 4. The van der Waals surface area contributed by atoms with Gasteiger partial charge in [0.25, 0.3) is 5.91 Å². The number of methoxy groups -OCH3 is 2. The van der Waals surface area contributed by atoms with E-state index in [0.717, 1.165) is 76.1 Å². The monoisotopic (exact) mass is 662 g/mol. The number of nitriles is 1. The summed E-state index contributed by atoms with van der Waals surface area (Å²) < 4.78 is 24.8. The summed E-state index contributed by atoms with van der Waals surface area (Å²) in [6.07, 6.45) is 3.16. The molecule has 2 aliphatic heterocycles. The first-order chi connectivity index (χ1) is 23.1. The van der Waals surface area contributed by atoms with Crippen molar-refractivity contribution in [2.45, 2.75) is 43.6 Å². The van der Waals surface area contributed by atoms with E-state index in [9.17, 15) is 24.0 Å². The third-order valence-electron chi connectivity index (χ3n) is 10.7. The van der Waals surface area contributed by atoms with Crippen LogP contribution in [-0.4, -0.2) is 102 Å². The predicted octanol–water partition coefficient (Wildman–Crippen LogP) is 4.37. The summed E-state index contributed by atoms with van der Waals surface area (Å²) in [7, 11) is 6.05. The lowest BCUT2D eigenvalue weighted by atomic mass is 9.58. The summed E-state index contributed by atoms with van der Waals surface area (Å²) >= 11 is 0. The van der Waals surface area contributed by atoms with E-state index in [1.54, 1.807) is 32.3 Å². The van der Waals surface area contributed by atoms with Gasteiger partial charge in [-0.2, -0.15) is 5.26 Å². The van der Waals surface area contributed by atoms with Crippen molar-refractivity contribution in [3.8, 4) is 6.07 Å². The minimum atomic E-state index is -0.644. The predicted molar refractivity (Wildman–Crippen MR) is 179 cm³/mol. The molecule has 0 spiro atoms. The second-order valence-electron chi connectivity index (χ2n) is 13.6. The quantitative estimate of drug-likeness (QED) is 0.384. The fourth-order valence-electron chi connectivity index (χ4n) is 8.29. The minimum absolute atomic E-state index is 0.0519. The number of likely N-dealkylation sites (tertiary alicyclic amines) is 1. The van der Waals surface area contributed by atoms with Gasteiger partial charge in [-0.1, -0.05) is 18.6 Å². The number of carbonyl (C=O) groups excluding carboxylic acids is 3. The number of hydrogen-bond acceptors (Lipinski definition) is 8. The van der Waals surface area contributed by atoms with Crippen molar-refractivity contribution in [2.24, 2.45) is 17.8 Å². The Morgan fingerprint density at radius 2 is 1.75 bits per heavy atom. The molecule has 2 heterocycles. The molecule has 3 fully saturated rings. The molecule has 0 bridgehead atoms. The molecule has 2 aromatic rings. The number of anilines is 1. The second kappa shape index (κ2) is 15.2. The van der Waals surface area contributed by atoms with Crippen LogP contribution in [0.3, 0.4) is 0 Å². The van der Waals surface area contributed by atoms with E-state index in [-0.39, 0.29) is 36.1 Å². The smallest absolute Gasteiger partial charge is 0.407 e. The first-order valence-corrected chi connectivity index (χ1v) is 16.7. The fraction of sp³-hybridized carbons (Fsp3) is 0.556. The Balaban J connectivity index is 1.30.